The van der Waals surface area contributed by atoms with Gasteiger partial charge in [-0.3, -0.25) is 5.01 Å². The molecule has 0 saturated carbocycles. The second kappa shape index (κ2) is 4.85. The summed E-state index contributed by atoms with van der Waals surface area (Å²) in [6, 6.07) is 4.19. The van der Waals surface area contributed by atoms with Crippen molar-refractivity contribution in [3.63, 3.8) is 0 Å². The third kappa shape index (κ3) is 2.85. The molecule has 0 atom stereocenters. The quantitative estimate of drug-likeness (QED) is 0.831. The van der Waals surface area contributed by atoms with Crippen molar-refractivity contribution in [1.29, 1.82) is 0 Å². The molecule has 0 unspecified atom stereocenters. The second-order valence-corrected chi connectivity index (χ2v) is 5.39. The van der Waals surface area contributed by atoms with E-state index in [0.29, 0.717) is 0 Å². The normalized spacial score (nSPS) is 11.1. The zero-order chi connectivity index (χ0) is 10.7. The molecule has 0 fully saturated rings. The van der Waals surface area contributed by atoms with E-state index < -0.39 is 0 Å². The largest absolute Gasteiger partial charge is 0.250 e. The number of hydrogen-bond acceptors (Lipinski definition) is 5. The molecule has 2 rings (SSSR count). The van der Waals surface area contributed by atoms with Crippen molar-refractivity contribution in [2.24, 2.45) is 0 Å². The first-order chi connectivity index (χ1) is 7.25. The SMILES string of the molecule is CN(C)NCc1ncc(-c2cccs2)s1. The maximum absolute atomic E-state index is 4.38. The number of thiazole rings is 1. The summed E-state index contributed by atoms with van der Waals surface area (Å²) in [6.07, 6.45) is 1.95. The molecular weight excluding hydrogens is 226 g/mol. The minimum atomic E-state index is 0.795. The van der Waals surface area contributed by atoms with Crippen molar-refractivity contribution >= 4 is 22.7 Å². The Morgan fingerprint density at radius 2 is 2.27 bits per heavy atom. The fourth-order valence-electron chi connectivity index (χ4n) is 1.15. The zero-order valence-electron chi connectivity index (χ0n) is 8.73. The zero-order valence-corrected chi connectivity index (χ0v) is 10.4. The van der Waals surface area contributed by atoms with Crippen molar-refractivity contribution in [2.75, 3.05) is 14.1 Å². The second-order valence-electron chi connectivity index (χ2n) is 3.32. The Kier molecular flexibility index (Phi) is 3.48. The van der Waals surface area contributed by atoms with E-state index in [1.807, 2.05) is 25.3 Å². The van der Waals surface area contributed by atoms with Gasteiger partial charge < -0.3 is 0 Å². The van der Waals surface area contributed by atoms with Crippen LogP contribution >= 0.6 is 22.7 Å². The molecule has 0 aliphatic carbocycles. The number of nitrogens with one attached hydrogen (secondary N) is 1. The van der Waals surface area contributed by atoms with Crippen LogP contribution in [-0.4, -0.2) is 24.1 Å². The molecule has 80 valence electrons. The highest BCUT2D eigenvalue weighted by Crippen LogP contribution is 2.29. The van der Waals surface area contributed by atoms with E-state index in [4.69, 9.17) is 0 Å². The predicted molar refractivity (Wildman–Crippen MR) is 66.0 cm³/mol. The highest BCUT2D eigenvalue weighted by atomic mass is 32.1. The Balaban J connectivity index is 2.04. The van der Waals surface area contributed by atoms with Gasteiger partial charge in [0, 0.05) is 25.2 Å². The van der Waals surface area contributed by atoms with E-state index >= 15 is 0 Å². The minimum Gasteiger partial charge on any atom is -0.250 e. The maximum Gasteiger partial charge on any atom is 0.108 e. The lowest BCUT2D eigenvalue weighted by molar-refractivity contribution is 0.286. The molecule has 2 aromatic rings. The van der Waals surface area contributed by atoms with Crippen LogP contribution in [0.2, 0.25) is 0 Å². The summed E-state index contributed by atoms with van der Waals surface area (Å²) < 4.78 is 0. The standard InChI is InChI=1S/C10H13N3S2/c1-13(2)12-7-10-11-6-9(15-10)8-4-3-5-14-8/h3-6,12H,7H2,1-2H3. The van der Waals surface area contributed by atoms with E-state index in [-0.39, 0.29) is 0 Å². The van der Waals surface area contributed by atoms with Crippen molar-refractivity contribution in [2.45, 2.75) is 6.54 Å². The van der Waals surface area contributed by atoms with Crippen molar-refractivity contribution in [3.05, 3.63) is 28.7 Å². The van der Waals surface area contributed by atoms with Gasteiger partial charge in [-0.25, -0.2) is 10.4 Å². The average Bonchev–Trinajstić information content (AvgIpc) is 2.85. The molecule has 15 heavy (non-hydrogen) atoms. The third-order valence-corrected chi connectivity index (χ3v) is 3.93. The fourth-order valence-corrected chi connectivity index (χ4v) is 2.82. The van der Waals surface area contributed by atoms with Gasteiger partial charge in [0.25, 0.3) is 0 Å². The van der Waals surface area contributed by atoms with Crippen LogP contribution in [0.1, 0.15) is 5.01 Å². The monoisotopic (exact) mass is 239 g/mol. The van der Waals surface area contributed by atoms with E-state index in [1.54, 1.807) is 22.7 Å². The lowest BCUT2D eigenvalue weighted by Gasteiger charge is -2.09. The Labute approximate surface area is 97.4 Å². The summed E-state index contributed by atoms with van der Waals surface area (Å²) in [5.74, 6) is 0. The van der Waals surface area contributed by atoms with Crippen molar-refractivity contribution in [3.8, 4) is 9.75 Å². The van der Waals surface area contributed by atoms with Crippen LogP contribution in [0.3, 0.4) is 0 Å². The third-order valence-electron chi connectivity index (χ3n) is 1.86. The number of aromatic nitrogens is 1. The molecule has 1 N–H and O–H groups in total. The van der Waals surface area contributed by atoms with E-state index in [1.165, 1.54) is 9.75 Å². The molecule has 0 amide bonds. The predicted octanol–water partition coefficient (Wildman–Crippen LogP) is 2.44. The van der Waals surface area contributed by atoms with E-state index in [0.717, 1.165) is 11.6 Å². The van der Waals surface area contributed by atoms with Gasteiger partial charge >= 0.3 is 0 Å². The number of hydrogen-bond donors (Lipinski definition) is 1. The van der Waals surface area contributed by atoms with Gasteiger partial charge in [0.1, 0.15) is 5.01 Å². The topological polar surface area (TPSA) is 28.2 Å². The van der Waals surface area contributed by atoms with Crippen LogP contribution in [0.25, 0.3) is 9.75 Å². The summed E-state index contributed by atoms with van der Waals surface area (Å²) in [6.45, 7) is 0.795. The highest BCUT2D eigenvalue weighted by molar-refractivity contribution is 7.21. The summed E-state index contributed by atoms with van der Waals surface area (Å²) >= 11 is 3.50. The molecule has 2 heterocycles. The molecule has 2 aromatic heterocycles. The molecule has 0 aromatic carbocycles. The first kappa shape index (κ1) is 10.8. The molecule has 0 spiro atoms. The molecule has 0 aliphatic rings. The van der Waals surface area contributed by atoms with Crippen LogP contribution in [0.5, 0.6) is 0 Å². The first-order valence-corrected chi connectivity index (χ1v) is 6.35. The van der Waals surface area contributed by atoms with E-state index in [2.05, 4.69) is 27.9 Å². The molecule has 3 nitrogen and oxygen atoms in total. The van der Waals surface area contributed by atoms with Gasteiger partial charge in [0.15, 0.2) is 0 Å². The van der Waals surface area contributed by atoms with Crippen LogP contribution in [-0.2, 0) is 6.54 Å². The molecular formula is C10H13N3S2. The molecule has 5 heteroatoms. The van der Waals surface area contributed by atoms with Gasteiger partial charge in [-0.05, 0) is 11.4 Å². The van der Waals surface area contributed by atoms with Gasteiger partial charge in [-0.1, -0.05) is 6.07 Å². The Morgan fingerprint density at radius 3 is 2.93 bits per heavy atom. The molecule has 0 bridgehead atoms. The summed E-state index contributed by atoms with van der Waals surface area (Å²) in [5, 5.41) is 5.14. The van der Waals surface area contributed by atoms with Crippen LogP contribution in [0.4, 0.5) is 0 Å². The summed E-state index contributed by atoms with van der Waals surface area (Å²) in [5.41, 5.74) is 3.21. The number of nitrogens with zero attached hydrogens (tertiary/aromatic N) is 2. The minimum absolute atomic E-state index is 0.795. The maximum atomic E-state index is 4.38. The molecule has 0 saturated heterocycles. The Bertz CT molecular complexity index is 406. The smallest absolute Gasteiger partial charge is 0.108 e. The van der Waals surface area contributed by atoms with Crippen LogP contribution in [0, 0.1) is 0 Å². The molecule has 0 radical (unpaired) electrons. The van der Waals surface area contributed by atoms with E-state index in [9.17, 15) is 0 Å². The Morgan fingerprint density at radius 1 is 1.40 bits per heavy atom. The van der Waals surface area contributed by atoms with Crippen molar-refractivity contribution < 1.29 is 0 Å². The van der Waals surface area contributed by atoms with Crippen molar-refractivity contribution in [1.82, 2.24) is 15.4 Å². The average molecular weight is 239 g/mol. The van der Waals surface area contributed by atoms with Gasteiger partial charge in [0.05, 0.1) is 11.4 Å². The lowest BCUT2D eigenvalue weighted by atomic mass is 10.4. The first-order valence-electron chi connectivity index (χ1n) is 4.65. The summed E-state index contributed by atoms with van der Waals surface area (Å²) in [7, 11) is 3.96. The number of thiophene rings is 1. The number of hydrazine groups is 1. The number of rotatable bonds is 4. The lowest BCUT2D eigenvalue weighted by Crippen LogP contribution is -2.29. The Hall–Kier alpha value is -0.750. The summed E-state index contributed by atoms with van der Waals surface area (Å²) in [4.78, 5) is 6.93. The fraction of sp³-hybridized carbons (Fsp3) is 0.300. The molecule has 0 aliphatic heterocycles. The van der Waals surface area contributed by atoms with Gasteiger partial charge in [0.2, 0.25) is 0 Å². The van der Waals surface area contributed by atoms with Crippen LogP contribution in [0.15, 0.2) is 23.7 Å². The van der Waals surface area contributed by atoms with Gasteiger partial charge in [-0.2, -0.15) is 0 Å². The highest BCUT2D eigenvalue weighted by Gasteiger charge is 2.04. The van der Waals surface area contributed by atoms with Crippen LogP contribution < -0.4 is 5.43 Å². The van der Waals surface area contributed by atoms with Gasteiger partial charge in [-0.15, -0.1) is 22.7 Å².